The Balaban J connectivity index is 2.01. The number of aromatic nitrogens is 2. The summed E-state index contributed by atoms with van der Waals surface area (Å²) in [6.45, 7) is 2.74. The van der Waals surface area contributed by atoms with Crippen LogP contribution in [0.25, 0.3) is 0 Å². The minimum absolute atomic E-state index is 0.396. The molecule has 0 aliphatic carbocycles. The highest BCUT2D eigenvalue weighted by molar-refractivity contribution is 4.78. The van der Waals surface area contributed by atoms with E-state index in [0.717, 1.165) is 19.6 Å². The molecule has 0 aliphatic heterocycles. The quantitative estimate of drug-likeness (QED) is 0.591. The van der Waals surface area contributed by atoms with Gasteiger partial charge in [0.05, 0.1) is 12.6 Å². The SMILES string of the molecule is COCCCNCC(O)Cn1cccn1. The summed E-state index contributed by atoms with van der Waals surface area (Å²) in [5, 5.41) is 16.8. The van der Waals surface area contributed by atoms with Gasteiger partial charge in [-0.15, -0.1) is 0 Å². The first-order chi connectivity index (χ1) is 7.33. The highest BCUT2D eigenvalue weighted by atomic mass is 16.5. The summed E-state index contributed by atoms with van der Waals surface area (Å²) in [7, 11) is 1.69. The topological polar surface area (TPSA) is 59.3 Å². The lowest BCUT2D eigenvalue weighted by atomic mass is 10.3. The number of ether oxygens (including phenoxy) is 1. The molecule has 5 heteroatoms. The first-order valence-corrected chi connectivity index (χ1v) is 5.18. The van der Waals surface area contributed by atoms with E-state index < -0.39 is 6.10 Å². The van der Waals surface area contributed by atoms with Crippen molar-refractivity contribution in [2.75, 3.05) is 26.8 Å². The third kappa shape index (κ3) is 5.51. The van der Waals surface area contributed by atoms with Crippen molar-refractivity contribution < 1.29 is 9.84 Å². The van der Waals surface area contributed by atoms with E-state index in [9.17, 15) is 5.11 Å². The van der Waals surface area contributed by atoms with Crippen LogP contribution in [0.4, 0.5) is 0 Å². The van der Waals surface area contributed by atoms with E-state index in [1.165, 1.54) is 0 Å². The molecule has 1 rings (SSSR count). The summed E-state index contributed by atoms with van der Waals surface area (Å²) in [6.07, 6.45) is 4.12. The van der Waals surface area contributed by atoms with Gasteiger partial charge in [-0.1, -0.05) is 0 Å². The molecule has 86 valence electrons. The Bertz CT molecular complexity index is 239. The van der Waals surface area contributed by atoms with Gasteiger partial charge in [0, 0.05) is 32.7 Å². The van der Waals surface area contributed by atoms with E-state index in [4.69, 9.17) is 4.74 Å². The van der Waals surface area contributed by atoms with E-state index >= 15 is 0 Å². The molecule has 0 fully saturated rings. The van der Waals surface area contributed by atoms with Gasteiger partial charge in [0.15, 0.2) is 0 Å². The van der Waals surface area contributed by atoms with Crippen molar-refractivity contribution in [3.63, 3.8) is 0 Å². The van der Waals surface area contributed by atoms with Crippen molar-refractivity contribution in [2.24, 2.45) is 0 Å². The Labute approximate surface area is 90.1 Å². The molecule has 2 N–H and O–H groups in total. The van der Waals surface area contributed by atoms with Crippen LogP contribution in [0.1, 0.15) is 6.42 Å². The van der Waals surface area contributed by atoms with Crippen molar-refractivity contribution in [3.05, 3.63) is 18.5 Å². The van der Waals surface area contributed by atoms with Crippen LogP contribution < -0.4 is 5.32 Å². The summed E-state index contributed by atoms with van der Waals surface area (Å²) in [5.41, 5.74) is 0. The lowest BCUT2D eigenvalue weighted by molar-refractivity contribution is 0.144. The van der Waals surface area contributed by atoms with Crippen LogP contribution in [0.3, 0.4) is 0 Å². The smallest absolute Gasteiger partial charge is 0.0860 e. The number of aliphatic hydroxyl groups is 1. The number of hydrogen-bond donors (Lipinski definition) is 2. The number of methoxy groups -OCH3 is 1. The molecule has 0 aromatic carbocycles. The Morgan fingerprint density at radius 3 is 3.13 bits per heavy atom. The molecule has 15 heavy (non-hydrogen) atoms. The molecule has 5 nitrogen and oxygen atoms in total. The molecule has 0 amide bonds. The van der Waals surface area contributed by atoms with Crippen LogP contribution in [-0.4, -0.2) is 47.8 Å². The largest absolute Gasteiger partial charge is 0.390 e. The zero-order valence-corrected chi connectivity index (χ0v) is 9.09. The van der Waals surface area contributed by atoms with E-state index in [1.54, 1.807) is 18.0 Å². The molecule has 1 unspecified atom stereocenters. The average molecular weight is 213 g/mol. The fourth-order valence-corrected chi connectivity index (χ4v) is 1.30. The van der Waals surface area contributed by atoms with Crippen LogP contribution in [0.2, 0.25) is 0 Å². The fraction of sp³-hybridized carbons (Fsp3) is 0.700. The van der Waals surface area contributed by atoms with Crippen molar-refractivity contribution >= 4 is 0 Å². The van der Waals surface area contributed by atoms with E-state index in [0.29, 0.717) is 13.1 Å². The molecule has 1 atom stereocenters. The Kier molecular flexibility index (Phi) is 5.99. The summed E-state index contributed by atoms with van der Waals surface area (Å²) < 4.78 is 6.64. The van der Waals surface area contributed by atoms with Gasteiger partial charge < -0.3 is 15.2 Å². The van der Waals surface area contributed by atoms with Crippen molar-refractivity contribution in [1.29, 1.82) is 0 Å². The lowest BCUT2D eigenvalue weighted by Gasteiger charge is -2.11. The first kappa shape index (κ1) is 12.2. The van der Waals surface area contributed by atoms with Gasteiger partial charge in [-0.2, -0.15) is 5.10 Å². The molecule has 0 spiro atoms. The molecule has 1 aromatic rings. The van der Waals surface area contributed by atoms with Gasteiger partial charge in [0.25, 0.3) is 0 Å². The molecule has 0 saturated heterocycles. The second-order valence-electron chi connectivity index (χ2n) is 3.43. The third-order valence-corrected chi connectivity index (χ3v) is 2.04. The first-order valence-electron chi connectivity index (χ1n) is 5.18. The average Bonchev–Trinajstić information content (AvgIpc) is 2.70. The maximum absolute atomic E-state index is 9.62. The van der Waals surface area contributed by atoms with Crippen LogP contribution >= 0.6 is 0 Å². The van der Waals surface area contributed by atoms with Crippen molar-refractivity contribution in [2.45, 2.75) is 19.1 Å². The summed E-state index contributed by atoms with van der Waals surface area (Å²) in [4.78, 5) is 0. The fourth-order valence-electron chi connectivity index (χ4n) is 1.30. The molecule has 1 heterocycles. The Morgan fingerprint density at radius 1 is 1.60 bits per heavy atom. The van der Waals surface area contributed by atoms with Gasteiger partial charge in [-0.05, 0) is 19.0 Å². The molecular weight excluding hydrogens is 194 g/mol. The van der Waals surface area contributed by atoms with Gasteiger partial charge in [-0.3, -0.25) is 4.68 Å². The maximum atomic E-state index is 9.62. The molecule has 0 bridgehead atoms. The minimum Gasteiger partial charge on any atom is -0.390 e. The second-order valence-corrected chi connectivity index (χ2v) is 3.43. The van der Waals surface area contributed by atoms with Gasteiger partial charge in [0.1, 0.15) is 0 Å². The zero-order chi connectivity index (χ0) is 10.9. The molecule has 1 aromatic heterocycles. The maximum Gasteiger partial charge on any atom is 0.0860 e. The lowest BCUT2D eigenvalue weighted by Crippen LogP contribution is -2.31. The molecular formula is C10H19N3O2. The van der Waals surface area contributed by atoms with E-state index in [-0.39, 0.29) is 0 Å². The number of nitrogens with one attached hydrogen (secondary N) is 1. The van der Waals surface area contributed by atoms with E-state index in [1.807, 2.05) is 12.3 Å². The number of rotatable bonds is 8. The molecule has 0 saturated carbocycles. The van der Waals surface area contributed by atoms with Crippen LogP contribution in [0.5, 0.6) is 0 Å². The Morgan fingerprint density at radius 2 is 2.47 bits per heavy atom. The van der Waals surface area contributed by atoms with Gasteiger partial charge in [0.2, 0.25) is 0 Å². The highest BCUT2D eigenvalue weighted by Crippen LogP contribution is 1.90. The minimum atomic E-state index is -0.396. The van der Waals surface area contributed by atoms with Crippen molar-refractivity contribution in [3.8, 4) is 0 Å². The normalized spacial score (nSPS) is 12.9. The number of hydrogen-bond acceptors (Lipinski definition) is 4. The molecule has 0 radical (unpaired) electrons. The van der Waals surface area contributed by atoms with Gasteiger partial charge >= 0.3 is 0 Å². The predicted molar refractivity (Wildman–Crippen MR) is 57.6 cm³/mol. The van der Waals surface area contributed by atoms with Crippen LogP contribution in [0.15, 0.2) is 18.5 Å². The van der Waals surface area contributed by atoms with Crippen LogP contribution in [0, 0.1) is 0 Å². The summed E-state index contributed by atoms with van der Waals surface area (Å²) in [5.74, 6) is 0. The second kappa shape index (κ2) is 7.39. The zero-order valence-electron chi connectivity index (χ0n) is 9.09. The van der Waals surface area contributed by atoms with Gasteiger partial charge in [-0.25, -0.2) is 0 Å². The van der Waals surface area contributed by atoms with Crippen molar-refractivity contribution in [1.82, 2.24) is 15.1 Å². The monoisotopic (exact) mass is 213 g/mol. The Hall–Kier alpha value is -0.910. The highest BCUT2D eigenvalue weighted by Gasteiger charge is 2.03. The standard InChI is InChI=1S/C10H19N3O2/c1-15-7-3-4-11-8-10(14)9-13-6-2-5-12-13/h2,5-6,10-11,14H,3-4,7-9H2,1H3. The summed E-state index contributed by atoms with van der Waals surface area (Å²) in [6, 6.07) is 1.85. The molecule has 0 aliphatic rings. The number of nitrogens with zero attached hydrogens (tertiary/aromatic N) is 2. The number of aliphatic hydroxyl groups excluding tert-OH is 1. The van der Waals surface area contributed by atoms with E-state index in [2.05, 4.69) is 10.4 Å². The third-order valence-electron chi connectivity index (χ3n) is 2.04. The predicted octanol–water partition coefficient (Wildman–Crippen LogP) is -0.130. The van der Waals surface area contributed by atoms with Crippen LogP contribution in [-0.2, 0) is 11.3 Å². The summed E-state index contributed by atoms with van der Waals surface area (Å²) >= 11 is 0.